The molecule has 1 aromatic rings. The molecule has 0 aliphatic carbocycles. The first-order chi connectivity index (χ1) is 6.72. The predicted molar refractivity (Wildman–Crippen MR) is 63.8 cm³/mol. The molecule has 0 fully saturated rings. The molecule has 1 aromatic heterocycles. The van der Waals surface area contributed by atoms with Gasteiger partial charge in [-0.05, 0) is 31.3 Å². The number of hydrogen-bond donors (Lipinski definition) is 1. The van der Waals surface area contributed by atoms with Gasteiger partial charge in [-0.15, -0.1) is 11.3 Å². The molecular formula is C11H20N2S. The van der Waals surface area contributed by atoms with Crippen LogP contribution in [0.4, 0.5) is 0 Å². The summed E-state index contributed by atoms with van der Waals surface area (Å²) in [7, 11) is 0. The average molecular weight is 212 g/mol. The fourth-order valence-electron chi connectivity index (χ4n) is 1.51. The molecule has 0 amide bonds. The van der Waals surface area contributed by atoms with Gasteiger partial charge in [0.15, 0.2) is 0 Å². The molecule has 0 aromatic carbocycles. The summed E-state index contributed by atoms with van der Waals surface area (Å²) in [4.78, 5) is 3.87. The molecule has 1 heterocycles. The van der Waals surface area contributed by atoms with E-state index in [1.54, 1.807) is 0 Å². The van der Waals surface area contributed by atoms with Gasteiger partial charge < -0.3 is 10.6 Å². The van der Waals surface area contributed by atoms with Crippen LogP contribution in [-0.2, 0) is 6.42 Å². The van der Waals surface area contributed by atoms with E-state index in [2.05, 4.69) is 36.3 Å². The van der Waals surface area contributed by atoms with Crippen LogP contribution in [0.5, 0.6) is 0 Å². The molecule has 80 valence electrons. The lowest BCUT2D eigenvalue weighted by molar-refractivity contribution is 0.278. The standard InChI is InChI=1S/C11H20N2S/c1-3-13(9-10(2)12)7-6-11-5-4-8-14-11/h4-5,8,10H,3,6-7,9,12H2,1-2H3. The molecule has 0 aliphatic heterocycles. The Balaban J connectivity index is 2.27. The third-order valence-electron chi connectivity index (χ3n) is 2.25. The van der Waals surface area contributed by atoms with Crippen LogP contribution in [0.3, 0.4) is 0 Å². The Hall–Kier alpha value is -0.380. The van der Waals surface area contributed by atoms with E-state index in [9.17, 15) is 0 Å². The van der Waals surface area contributed by atoms with Crippen molar-refractivity contribution in [2.45, 2.75) is 26.3 Å². The van der Waals surface area contributed by atoms with Crippen LogP contribution in [0, 0.1) is 0 Å². The number of rotatable bonds is 6. The molecule has 0 aliphatic rings. The van der Waals surface area contributed by atoms with Gasteiger partial charge in [-0.2, -0.15) is 0 Å². The lowest BCUT2D eigenvalue weighted by Crippen LogP contribution is -2.36. The first-order valence-corrected chi connectivity index (χ1v) is 6.10. The fourth-order valence-corrected chi connectivity index (χ4v) is 2.21. The lowest BCUT2D eigenvalue weighted by atomic mass is 10.3. The summed E-state index contributed by atoms with van der Waals surface area (Å²) in [5.41, 5.74) is 5.78. The van der Waals surface area contributed by atoms with Crippen molar-refractivity contribution in [3.63, 3.8) is 0 Å². The van der Waals surface area contributed by atoms with Gasteiger partial charge in [0.25, 0.3) is 0 Å². The number of nitrogens with zero attached hydrogens (tertiary/aromatic N) is 1. The fraction of sp³-hybridized carbons (Fsp3) is 0.636. The van der Waals surface area contributed by atoms with Crippen molar-refractivity contribution >= 4 is 11.3 Å². The van der Waals surface area contributed by atoms with E-state index < -0.39 is 0 Å². The molecule has 2 N–H and O–H groups in total. The van der Waals surface area contributed by atoms with Gasteiger partial charge in [0, 0.05) is 24.0 Å². The zero-order valence-corrected chi connectivity index (χ0v) is 9.89. The second-order valence-electron chi connectivity index (χ2n) is 3.70. The zero-order chi connectivity index (χ0) is 10.4. The van der Waals surface area contributed by atoms with Gasteiger partial charge in [-0.3, -0.25) is 0 Å². The van der Waals surface area contributed by atoms with Gasteiger partial charge in [-0.1, -0.05) is 13.0 Å². The van der Waals surface area contributed by atoms with E-state index in [4.69, 9.17) is 5.73 Å². The SMILES string of the molecule is CCN(CCc1cccs1)CC(C)N. The van der Waals surface area contributed by atoms with Gasteiger partial charge >= 0.3 is 0 Å². The topological polar surface area (TPSA) is 29.3 Å². The summed E-state index contributed by atoms with van der Waals surface area (Å²) in [6, 6.07) is 4.59. The average Bonchev–Trinajstić information content (AvgIpc) is 2.64. The van der Waals surface area contributed by atoms with Crippen molar-refractivity contribution in [3.8, 4) is 0 Å². The van der Waals surface area contributed by atoms with Gasteiger partial charge in [0.05, 0.1) is 0 Å². The first-order valence-electron chi connectivity index (χ1n) is 5.22. The smallest absolute Gasteiger partial charge is 0.0139 e. The van der Waals surface area contributed by atoms with E-state index in [1.165, 1.54) is 4.88 Å². The molecule has 1 unspecified atom stereocenters. The second kappa shape index (κ2) is 6.17. The molecule has 2 nitrogen and oxygen atoms in total. The van der Waals surface area contributed by atoms with Crippen LogP contribution in [0.1, 0.15) is 18.7 Å². The molecule has 0 saturated heterocycles. The molecule has 0 bridgehead atoms. The Morgan fingerprint density at radius 2 is 2.36 bits per heavy atom. The van der Waals surface area contributed by atoms with Crippen molar-refractivity contribution in [3.05, 3.63) is 22.4 Å². The highest BCUT2D eigenvalue weighted by molar-refractivity contribution is 7.09. The number of nitrogens with two attached hydrogens (primary N) is 1. The summed E-state index contributed by atoms with van der Waals surface area (Å²) in [5.74, 6) is 0. The van der Waals surface area contributed by atoms with Crippen molar-refractivity contribution in [1.29, 1.82) is 0 Å². The largest absolute Gasteiger partial charge is 0.327 e. The maximum atomic E-state index is 5.78. The van der Waals surface area contributed by atoms with Crippen LogP contribution in [0.15, 0.2) is 17.5 Å². The maximum absolute atomic E-state index is 5.78. The minimum Gasteiger partial charge on any atom is -0.327 e. The van der Waals surface area contributed by atoms with Crippen LogP contribution < -0.4 is 5.73 Å². The third kappa shape index (κ3) is 4.22. The van der Waals surface area contributed by atoms with Crippen molar-refractivity contribution in [2.24, 2.45) is 5.73 Å². The van der Waals surface area contributed by atoms with Gasteiger partial charge in [-0.25, -0.2) is 0 Å². The first kappa shape index (κ1) is 11.7. The van der Waals surface area contributed by atoms with Crippen LogP contribution in [0.25, 0.3) is 0 Å². The lowest BCUT2D eigenvalue weighted by Gasteiger charge is -2.21. The molecule has 3 heteroatoms. The Kier molecular flexibility index (Phi) is 5.15. The normalized spacial score (nSPS) is 13.4. The summed E-state index contributed by atoms with van der Waals surface area (Å²) < 4.78 is 0. The molecule has 1 rings (SSSR count). The Bertz CT molecular complexity index is 231. The Morgan fingerprint density at radius 3 is 2.86 bits per heavy atom. The Morgan fingerprint density at radius 1 is 1.57 bits per heavy atom. The molecule has 0 saturated carbocycles. The summed E-state index contributed by atoms with van der Waals surface area (Å²) in [6.45, 7) is 7.47. The minimum absolute atomic E-state index is 0.276. The van der Waals surface area contributed by atoms with Crippen LogP contribution >= 0.6 is 11.3 Å². The summed E-state index contributed by atoms with van der Waals surface area (Å²) in [6.07, 6.45) is 1.15. The van der Waals surface area contributed by atoms with Crippen molar-refractivity contribution in [2.75, 3.05) is 19.6 Å². The van der Waals surface area contributed by atoms with E-state index >= 15 is 0 Å². The molecule has 0 spiro atoms. The van der Waals surface area contributed by atoms with E-state index in [1.807, 2.05) is 11.3 Å². The van der Waals surface area contributed by atoms with Gasteiger partial charge in [0.1, 0.15) is 0 Å². The van der Waals surface area contributed by atoms with Gasteiger partial charge in [0.2, 0.25) is 0 Å². The number of likely N-dealkylation sites (N-methyl/N-ethyl adjacent to an activating group) is 1. The van der Waals surface area contributed by atoms with Crippen LogP contribution in [0.2, 0.25) is 0 Å². The maximum Gasteiger partial charge on any atom is 0.0139 e. The number of hydrogen-bond acceptors (Lipinski definition) is 3. The quantitative estimate of drug-likeness (QED) is 0.781. The molecule has 1 atom stereocenters. The molecular weight excluding hydrogens is 192 g/mol. The summed E-state index contributed by atoms with van der Waals surface area (Å²) >= 11 is 1.84. The number of thiophene rings is 1. The van der Waals surface area contributed by atoms with E-state index in [0.29, 0.717) is 0 Å². The highest BCUT2D eigenvalue weighted by Crippen LogP contribution is 2.09. The Labute approximate surface area is 90.7 Å². The third-order valence-corrected chi connectivity index (χ3v) is 3.18. The zero-order valence-electron chi connectivity index (χ0n) is 9.07. The van der Waals surface area contributed by atoms with Crippen molar-refractivity contribution < 1.29 is 0 Å². The molecule has 0 radical (unpaired) electrons. The van der Waals surface area contributed by atoms with Crippen LogP contribution in [-0.4, -0.2) is 30.6 Å². The minimum atomic E-state index is 0.276. The predicted octanol–water partition coefficient (Wildman–Crippen LogP) is 1.96. The molecule has 14 heavy (non-hydrogen) atoms. The highest BCUT2D eigenvalue weighted by Gasteiger charge is 2.05. The van der Waals surface area contributed by atoms with E-state index in [0.717, 1.165) is 26.1 Å². The van der Waals surface area contributed by atoms with Crippen molar-refractivity contribution in [1.82, 2.24) is 4.90 Å². The highest BCUT2D eigenvalue weighted by atomic mass is 32.1. The second-order valence-corrected chi connectivity index (χ2v) is 4.73. The monoisotopic (exact) mass is 212 g/mol. The van der Waals surface area contributed by atoms with E-state index in [-0.39, 0.29) is 6.04 Å². The summed E-state index contributed by atoms with van der Waals surface area (Å²) in [5, 5.41) is 2.14.